The Balaban J connectivity index is 0.000000400. The topological polar surface area (TPSA) is 54.4 Å². The summed E-state index contributed by atoms with van der Waals surface area (Å²) in [6.45, 7) is 2.28. The molecule has 1 rings (SSSR count). The van der Waals surface area contributed by atoms with Crippen LogP contribution in [0.4, 0.5) is 0 Å². The fourth-order valence-corrected chi connectivity index (χ4v) is 2.45. The molecule has 1 unspecified atom stereocenters. The Bertz CT molecular complexity index is 284. The number of carbonyl (C=O) groups is 2. The van der Waals surface area contributed by atoms with Crippen LogP contribution in [0.3, 0.4) is 0 Å². The predicted octanol–water partition coefficient (Wildman–Crippen LogP) is 5.14. The first kappa shape index (κ1) is 19.9. The second-order valence-electron chi connectivity index (χ2n) is 5.77. The molecule has 0 fully saturated rings. The zero-order valence-electron chi connectivity index (χ0n) is 13.6. The summed E-state index contributed by atoms with van der Waals surface area (Å²) in [6, 6.07) is 0. The summed E-state index contributed by atoms with van der Waals surface area (Å²) in [7, 11) is 0. The highest BCUT2D eigenvalue weighted by molar-refractivity contribution is 5.66. The van der Waals surface area contributed by atoms with Crippen LogP contribution in [0.25, 0.3) is 0 Å². The van der Waals surface area contributed by atoms with Gasteiger partial charge in [0.05, 0.1) is 0 Å². The highest BCUT2D eigenvalue weighted by Gasteiger charge is 2.07. The van der Waals surface area contributed by atoms with Gasteiger partial charge in [-0.05, 0) is 38.0 Å². The van der Waals surface area contributed by atoms with Gasteiger partial charge in [-0.15, -0.1) is 0 Å². The lowest BCUT2D eigenvalue weighted by Crippen LogP contribution is -1.93. The number of carboxylic acid groups (broad SMARTS) is 1. The molecule has 0 aromatic heterocycles. The predicted molar refractivity (Wildman–Crippen MR) is 87.4 cm³/mol. The Kier molecular flexibility index (Phi) is 14.5. The molecule has 1 aliphatic carbocycles. The van der Waals surface area contributed by atoms with E-state index in [9.17, 15) is 9.59 Å². The highest BCUT2D eigenvalue weighted by Crippen LogP contribution is 2.22. The second-order valence-corrected chi connectivity index (χ2v) is 5.77. The summed E-state index contributed by atoms with van der Waals surface area (Å²) < 4.78 is 0. The molecule has 0 bridgehead atoms. The van der Waals surface area contributed by atoms with Crippen LogP contribution in [-0.4, -0.2) is 17.4 Å². The summed E-state index contributed by atoms with van der Waals surface area (Å²) in [6.07, 6.45) is 18.9. The molecular formula is C18H32O3. The molecule has 0 aromatic rings. The Morgan fingerprint density at radius 1 is 1.19 bits per heavy atom. The zero-order valence-corrected chi connectivity index (χ0v) is 13.6. The van der Waals surface area contributed by atoms with Gasteiger partial charge in [0.1, 0.15) is 6.29 Å². The maximum absolute atomic E-state index is 9.87. The largest absolute Gasteiger partial charge is 0.481 e. The van der Waals surface area contributed by atoms with Gasteiger partial charge in [-0.25, -0.2) is 0 Å². The van der Waals surface area contributed by atoms with Gasteiger partial charge in [0.2, 0.25) is 0 Å². The van der Waals surface area contributed by atoms with E-state index >= 15 is 0 Å². The van der Waals surface area contributed by atoms with E-state index in [1.54, 1.807) is 0 Å². The van der Waals surface area contributed by atoms with Gasteiger partial charge in [0.25, 0.3) is 0 Å². The van der Waals surface area contributed by atoms with Crippen LogP contribution in [0.5, 0.6) is 0 Å². The molecule has 0 amide bonds. The van der Waals surface area contributed by atoms with Crippen molar-refractivity contribution in [2.45, 2.75) is 84.0 Å². The lowest BCUT2D eigenvalue weighted by atomic mass is 10.0. The fourth-order valence-electron chi connectivity index (χ4n) is 2.45. The van der Waals surface area contributed by atoms with Gasteiger partial charge in [-0.1, -0.05) is 51.2 Å². The lowest BCUT2D eigenvalue weighted by Gasteiger charge is -2.05. The maximum Gasteiger partial charge on any atom is 0.303 e. The van der Waals surface area contributed by atoms with Crippen molar-refractivity contribution < 1.29 is 14.7 Å². The van der Waals surface area contributed by atoms with Crippen LogP contribution in [0.15, 0.2) is 12.2 Å². The molecule has 0 aromatic carbocycles. The number of rotatable bonds is 11. The van der Waals surface area contributed by atoms with E-state index in [1.165, 1.54) is 51.4 Å². The van der Waals surface area contributed by atoms with Gasteiger partial charge in [0, 0.05) is 12.8 Å². The van der Waals surface area contributed by atoms with Crippen LogP contribution < -0.4 is 0 Å². The molecule has 0 saturated carbocycles. The number of hydrogen-bond acceptors (Lipinski definition) is 2. The highest BCUT2D eigenvalue weighted by atomic mass is 16.4. The van der Waals surface area contributed by atoms with Crippen molar-refractivity contribution in [1.29, 1.82) is 0 Å². The summed E-state index contributed by atoms with van der Waals surface area (Å²) >= 11 is 0. The van der Waals surface area contributed by atoms with Crippen molar-refractivity contribution in [2.24, 2.45) is 5.92 Å². The third-order valence-electron chi connectivity index (χ3n) is 3.75. The Morgan fingerprint density at radius 3 is 2.52 bits per heavy atom. The first-order chi connectivity index (χ1) is 10.2. The molecule has 0 heterocycles. The minimum atomic E-state index is -0.791. The molecule has 0 radical (unpaired) electrons. The van der Waals surface area contributed by atoms with Crippen LogP contribution >= 0.6 is 0 Å². The van der Waals surface area contributed by atoms with Crippen LogP contribution in [-0.2, 0) is 9.59 Å². The van der Waals surface area contributed by atoms with E-state index in [1.807, 2.05) is 0 Å². The molecule has 1 N–H and O–H groups in total. The average molecular weight is 296 g/mol. The molecular weight excluding hydrogens is 264 g/mol. The first-order valence-corrected chi connectivity index (χ1v) is 8.52. The molecule has 3 heteroatoms. The van der Waals surface area contributed by atoms with Crippen molar-refractivity contribution >= 4 is 12.3 Å². The first-order valence-electron chi connectivity index (χ1n) is 8.52. The molecule has 3 nitrogen and oxygen atoms in total. The second kappa shape index (κ2) is 15.3. The standard InChI is InChI=1S/C12H22.C6H10O3/c1-2-3-4-5-6-9-12-10-7-8-11-12;7-5-3-1-2-4-6(8)9/h7,10,12H,2-6,8-9,11H2,1H3;5H,1-4H2,(H,8,9). The molecule has 122 valence electrons. The third-order valence-corrected chi connectivity index (χ3v) is 3.75. The van der Waals surface area contributed by atoms with E-state index in [2.05, 4.69) is 19.1 Å². The molecule has 1 aliphatic rings. The summed E-state index contributed by atoms with van der Waals surface area (Å²) in [5.41, 5.74) is 0. The zero-order chi connectivity index (χ0) is 15.8. The Hall–Kier alpha value is -1.12. The van der Waals surface area contributed by atoms with E-state index in [0.717, 1.165) is 12.2 Å². The van der Waals surface area contributed by atoms with Crippen molar-refractivity contribution in [1.82, 2.24) is 0 Å². The van der Waals surface area contributed by atoms with Crippen molar-refractivity contribution in [3.63, 3.8) is 0 Å². The number of aldehydes is 1. The van der Waals surface area contributed by atoms with Gasteiger partial charge in [-0.2, -0.15) is 0 Å². The third kappa shape index (κ3) is 15.1. The smallest absolute Gasteiger partial charge is 0.303 e. The normalized spacial score (nSPS) is 16.3. The van der Waals surface area contributed by atoms with Gasteiger partial charge in [-0.3, -0.25) is 4.79 Å². The van der Waals surface area contributed by atoms with E-state index in [-0.39, 0.29) is 6.42 Å². The number of carbonyl (C=O) groups excluding carboxylic acids is 1. The van der Waals surface area contributed by atoms with Gasteiger partial charge in [0.15, 0.2) is 0 Å². The quantitative estimate of drug-likeness (QED) is 0.326. The molecule has 1 atom stereocenters. The van der Waals surface area contributed by atoms with Crippen LogP contribution in [0.1, 0.15) is 84.0 Å². The number of allylic oxidation sites excluding steroid dienone is 2. The van der Waals surface area contributed by atoms with Crippen LogP contribution in [0.2, 0.25) is 0 Å². The average Bonchev–Trinajstić information content (AvgIpc) is 2.97. The summed E-state index contributed by atoms with van der Waals surface area (Å²) in [5, 5.41) is 8.12. The van der Waals surface area contributed by atoms with Crippen molar-refractivity contribution in [3.05, 3.63) is 12.2 Å². The Morgan fingerprint density at radius 2 is 1.95 bits per heavy atom. The number of hydrogen-bond donors (Lipinski definition) is 1. The van der Waals surface area contributed by atoms with Crippen molar-refractivity contribution in [3.8, 4) is 0 Å². The minimum absolute atomic E-state index is 0.174. The molecule has 0 saturated heterocycles. The van der Waals surface area contributed by atoms with Gasteiger partial charge >= 0.3 is 5.97 Å². The number of unbranched alkanes of at least 4 members (excludes halogenated alkanes) is 6. The van der Waals surface area contributed by atoms with Gasteiger partial charge < -0.3 is 9.90 Å². The van der Waals surface area contributed by atoms with E-state index in [0.29, 0.717) is 19.3 Å². The minimum Gasteiger partial charge on any atom is -0.481 e. The molecule has 21 heavy (non-hydrogen) atoms. The monoisotopic (exact) mass is 296 g/mol. The van der Waals surface area contributed by atoms with Crippen molar-refractivity contribution in [2.75, 3.05) is 0 Å². The maximum atomic E-state index is 9.87. The number of aliphatic carboxylic acids is 1. The lowest BCUT2D eigenvalue weighted by molar-refractivity contribution is -0.137. The number of carboxylic acids is 1. The van der Waals surface area contributed by atoms with E-state index < -0.39 is 5.97 Å². The van der Waals surface area contributed by atoms with Crippen LogP contribution in [0, 0.1) is 5.92 Å². The summed E-state index contributed by atoms with van der Waals surface area (Å²) in [4.78, 5) is 19.6. The molecule has 0 spiro atoms. The Labute approximate surface area is 129 Å². The fraction of sp³-hybridized carbons (Fsp3) is 0.778. The summed E-state index contributed by atoms with van der Waals surface area (Å²) in [5.74, 6) is 0.146. The SMILES string of the molecule is CCCCCCCC1C=CCC1.O=CCCCCC(=O)O. The molecule has 0 aliphatic heterocycles. The van der Waals surface area contributed by atoms with E-state index in [4.69, 9.17) is 5.11 Å².